The molecule has 208 valence electrons. The van der Waals surface area contributed by atoms with Crippen molar-refractivity contribution in [2.75, 3.05) is 4.90 Å². The van der Waals surface area contributed by atoms with Crippen LogP contribution in [0.15, 0.2) is 36.8 Å². The van der Waals surface area contributed by atoms with Gasteiger partial charge in [0.1, 0.15) is 5.56 Å². The van der Waals surface area contributed by atoms with E-state index in [1.165, 1.54) is 17.3 Å². The molecular formula is C26H27F4N5O4. The zero-order chi connectivity index (χ0) is 28.3. The summed E-state index contributed by atoms with van der Waals surface area (Å²) in [6, 6.07) is 1.86. The van der Waals surface area contributed by atoms with E-state index in [1.807, 2.05) is 0 Å². The van der Waals surface area contributed by atoms with Crippen LogP contribution in [0.4, 0.5) is 23.2 Å². The number of hydrogen-bond acceptors (Lipinski definition) is 6. The fraction of sp³-hybridized carbons (Fsp3) is 0.423. The zero-order valence-electron chi connectivity index (χ0n) is 21.3. The predicted molar refractivity (Wildman–Crippen MR) is 131 cm³/mol. The van der Waals surface area contributed by atoms with Gasteiger partial charge in [0.2, 0.25) is 11.8 Å². The maximum atomic E-state index is 15.3. The maximum absolute atomic E-state index is 15.3. The smallest absolute Gasteiger partial charge is 0.421 e. The molecule has 1 N–H and O–H groups in total. The summed E-state index contributed by atoms with van der Waals surface area (Å²) in [6.45, 7) is 3.25. The molecule has 0 aliphatic heterocycles. The third-order valence-electron chi connectivity index (χ3n) is 6.46. The molecule has 0 spiro atoms. The minimum atomic E-state index is -4.91. The number of carboxylic acid groups (broad SMARTS) is 1. The number of hydrogen-bond donors (Lipinski definition) is 1. The van der Waals surface area contributed by atoms with Crippen molar-refractivity contribution in [3.8, 4) is 11.6 Å². The normalized spacial score (nSPS) is 14.4. The lowest BCUT2D eigenvalue weighted by molar-refractivity contribution is -0.139. The number of carbonyl (C=O) groups is 2. The lowest BCUT2D eigenvalue weighted by atomic mass is 9.87. The first-order chi connectivity index (χ1) is 18.5. The lowest BCUT2D eigenvalue weighted by Gasteiger charge is -2.33. The van der Waals surface area contributed by atoms with Crippen LogP contribution < -0.4 is 9.64 Å². The fourth-order valence-corrected chi connectivity index (χ4v) is 4.65. The molecule has 3 aromatic rings. The number of aromatic nitrogens is 4. The monoisotopic (exact) mass is 549 g/mol. The van der Waals surface area contributed by atoms with E-state index in [9.17, 15) is 27.9 Å². The molecule has 13 heteroatoms. The number of pyridine rings is 1. The second-order valence-corrected chi connectivity index (χ2v) is 9.60. The van der Waals surface area contributed by atoms with Gasteiger partial charge in [0.05, 0.1) is 30.2 Å². The first kappa shape index (κ1) is 28.0. The minimum Gasteiger partial charge on any atom is -0.478 e. The van der Waals surface area contributed by atoms with Crippen LogP contribution in [0.5, 0.6) is 11.6 Å². The molecule has 9 nitrogen and oxygen atoms in total. The topological polar surface area (TPSA) is 110 Å². The van der Waals surface area contributed by atoms with E-state index in [0.29, 0.717) is 12.8 Å². The van der Waals surface area contributed by atoms with Gasteiger partial charge in [-0.15, -0.1) is 0 Å². The molecule has 0 unspecified atom stereocenters. The average molecular weight is 550 g/mol. The van der Waals surface area contributed by atoms with Crippen LogP contribution in [0.25, 0.3) is 0 Å². The number of carboxylic acids is 1. The van der Waals surface area contributed by atoms with Gasteiger partial charge in [-0.05, 0) is 38.3 Å². The summed E-state index contributed by atoms with van der Waals surface area (Å²) in [5.41, 5.74) is -1.85. The molecule has 0 radical (unpaired) electrons. The number of aromatic carboxylic acids is 1. The Morgan fingerprint density at radius 2 is 1.79 bits per heavy atom. The third-order valence-corrected chi connectivity index (χ3v) is 6.46. The highest BCUT2D eigenvalue weighted by Crippen LogP contribution is 2.40. The van der Waals surface area contributed by atoms with E-state index in [0.717, 1.165) is 48.5 Å². The Morgan fingerprint density at radius 3 is 2.38 bits per heavy atom. The minimum absolute atomic E-state index is 0.102. The second kappa shape index (κ2) is 11.4. The van der Waals surface area contributed by atoms with Crippen molar-refractivity contribution in [2.24, 2.45) is 5.92 Å². The van der Waals surface area contributed by atoms with Crippen LogP contribution in [-0.2, 0) is 17.5 Å². The van der Waals surface area contributed by atoms with E-state index >= 15 is 4.39 Å². The van der Waals surface area contributed by atoms with Crippen molar-refractivity contribution >= 4 is 17.6 Å². The quantitative estimate of drug-likeness (QED) is 0.359. The molecule has 0 bridgehead atoms. The van der Waals surface area contributed by atoms with Gasteiger partial charge in [0, 0.05) is 30.3 Å². The van der Waals surface area contributed by atoms with Gasteiger partial charge in [-0.1, -0.05) is 19.3 Å². The average Bonchev–Trinajstić information content (AvgIpc) is 3.39. The summed E-state index contributed by atoms with van der Waals surface area (Å²) in [4.78, 5) is 31.6. The van der Waals surface area contributed by atoms with E-state index in [-0.39, 0.29) is 29.6 Å². The van der Waals surface area contributed by atoms with Crippen molar-refractivity contribution in [1.82, 2.24) is 20.0 Å². The number of rotatable bonds is 8. The number of ether oxygens (including phenoxy) is 1. The second-order valence-electron chi connectivity index (χ2n) is 9.60. The highest BCUT2D eigenvalue weighted by molar-refractivity contribution is 6.03. The van der Waals surface area contributed by atoms with Crippen molar-refractivity contribution in [3.63, 3.8) is 0 Å². The number of anilines is 1. The fourth-order valence-electron chi connectivity index (χ4n) is 4.65. The maximum Gasteiger partial charge on any atom is 0.421 e. The summed E-state index contributed by atoms with van der Waals surface area (Å²) in [7, 11) is 0. The van der Waals surface area contributed by atoms with E-state index in [1.54, 1.807) is 13.8 Å². The molecule has 1 saturated carbocycles. The standard InChI is InChI=1S/C26H27F4N5O4/c1-15(2)35(24(36)17-6-4-3-5-7-17)21-12-20(27)22(11-18(21)25(37)38)39-23-19(26(28,29)30)10-16(13-31-23)14-34-32-8-9-33-34/h8-13,15,17H,3-7,14H2,1-2H3,(H,37,38). The Kier molecular flexibility index (Phi) is 8.17. The van der Waals surface area contributed by atoms with Gasteiger partial charge < -0.3 is 14.7 Å². The van der Waals surface area contributed by atoms with Crippen LogP contribution >= 0.6 is 0 Å². The molecule has 39 heavy (non-hydrogen) atoms. The van der Waals surface area contributed by atoms with E-state index < -0.39 is 46.8 Å². The molecule has 1 fully saturated rings. The van der Waals surface area contributed by atoms with Crippen LogP contribution in [-0.4, -0.2) is 43.0 Å². The molecule has 1 aliphatic carbocycles. The number of benzene rings is 1. The summed E-state index contributed by atoms with van der Waals surface area (Å²) in [5, 5.41) is 17.6. The number of amides is 1. The van der Waals surface area contributed by atoms with Crippen LogP contribution in [0.1, 0.15) is 67.4 Å². The highest BCUT2D eigenvalue weighted by Gasteiger charge is 2.37. The van der Waals surface area contributed by atoms with Gasteiger partial charge in [0.15, 0.2) is 11.6 Å². The highest BCUT2D eigenvalue weighted by atomic mass is 19.4. The molecular weight excluding hydrogens is 522 g/mol. The number of carbonyl (C=O) groups excluding carboxylic acids is 1. The molecule has 0 saturated heterocycles. The molecule has 2 aromatic heterocycles. The number of alkyl halides is 3. The lowest BCUT2D eigenvalue weighted by Crippen LogP contribution is -2.42. The largest absolute Gasteiger partial charge is 0.478 e. The van der Waals surface area contributed by atoms with Crippen molar-refractivity contribution in [3.05, 3.63) is 59.3 Å². The van der Waals surface area contributed by atoms with Gasteiger partial charge in [0.25, 0.3) is 0 Å². The van der Waals surface area contributed by atoms with Crippen LogP contribution in [0.2, 0.25) is 0 Å². The van der Waals surface area contributed by atoms with Gasteiger partial charge in [-0.25, -0.2) is 14.2 Å². The van der Waals surface area contributed by atoms with Gasteiger partial charge >= 0.3 is 12.1 Å². The molecule has 1 aromatic carbocycles. The van der Waals surface area contributed by atoms with Gasteiger partial charge in [-0.3, -0.25) is 4.79 Å². The summed E-state index contributed by atoms with van der Waals surface area (Å²) in [5.74, 6) is -5.01. The zero-order valence-corrected chi connectivity index (χ0v) is 21.3. The SMILES string of the molecule is CC(C)N(C(=O)C1CCCCC1)c1cc(F)c(Oc2ncc(Cn3nccn3)cc2C(F)(F)F)cc1C(=O)O. The molecule has 0 atom stereocenters. The van der Waals surface area contributed by atoms with E-state index in [2.05, 4.69) is 15.2 Å². The summed E-state index contributed by atoms with van der Waals surface area (Å²) >= 11 is 0. The van der Waals surface area contributed by atoms with Crippen molar-refractivity contribution in [1.29, 1.82) is 0 Å². The van der Waals surface area contributed by atoms with Crippen LogP contribution in [0.3, 0.4) is 0 Å². The first-order valence-electron chi connectivity index (χ1n) is 12.4. The summed E-state index contributed by atoms with van der Waals surface area (Å²) < 4.78 is 62.0. The number of halogens is 4. The van der Waals surface area contributed by atoms with Crippen molar-refractivity contribution in [2.45, 2.75) is 64.7 Å². The molecule has 4 rings (SSSR count). The Hall–Kier alpha value is -4.03. The van der Waals surface area contributed by atoms with E-state index in [4.69, 9.17) is 4.74 Å². The molecule has 1 aliphatic rings. The number of nitrogens with zero attached hydrogens (tertiary/aromatic N) is 5. The predicted octanol–water partition coefficient (Wildman–Crippen LogP) is 5.69. The molecule has 2 heterocycles. The Morgan fingerprint density at radius 1 is 1.13 bits per heavy atom. The first-order valence-corrected chi connectivity index (χ1v) is 12.4. The van der Waals surface area contributed by atoms with Crippen LogP contribution in [0, 0.1) is 11.7 Å². The van der Waals surface area contributed by atoms with Crippen molar-refractivity contribution < 1.29 is 37.0 Å². The molecule has 1 amide bonds. The Bertz CT molecular complexity index is 1340. The van der Waals surface area contributed by atoms with Gasteiger partial charge in [-0.2, -0.15) is 28.2 Å². The third kappa shape index (κ3) is 6.35. The Labute approximate surface area is 221 Å². The summed E-state index contributed by atoms with van der Waals surface area (Å²) in [6.07, 6.45) is 2.93. The Balaban J connectivity index is 1.71.